The predicted molar refractivity (Wildman–Crippen MR) is 193 cm³/mol. The summed E-state index contributed by atoms with van der Waals surface area (Å²) in [5, 5.41) is 21.2. The van der Waals surface area contributed by atoms with E-state index in [1.165, 1.54) is 17.7 Å². The monoisotopic (exact) mass is 681 g/mol. The molecule has 0 fully saturated rings. The van der Waals surface area contributed by atoms with Crippen LogP contribution in [0.25, 0.3) is 0 Å². The van der Waals surface area contributed by atoms with Gasteiger partial charge >= 0.3 is 0 Å². The SMILES string of the molecule is CCCC(CCC)SCC(CC)(CNC(=O)c1ccccc1)C(=O)N[C@@H](Cc1cc(F)cc(F)c1)[C@H](O)CNCc1cccc(CC)c1. The highest BCUT2D eigenvalue weighted by molar-refractivity contribution is 7.99. The molecule has 0 aliphatic heterocycles. The van der Waals surface area contributed by atoms with Crippen LogP contribution in [0.15, 0.2) is 72.8 Å². The molecule has 9 heteroatoms. The van der Waals surface area contributed by atoms with Gasteiger partial charge in [0.2, 0.25) is 5.91 Å². The van der Waals surface area contributed by atoms with Gasteiger partial charge < -0.3 is 21.1 Å². The van der Waals surface area contributed by atoms with Crippen LogP contribution in [0.5, 0.6) is 0 Å². The van der Waals surface area contributed by atoms with Crippen LogP contribution in [-0.2, 0) is 24.2 Å². The fourth-order valence-electron chi connectivity index (χ4n) is 5.81. The summed E-state index contributed by atoms with van der Waals surface area (Å²) in [6.45, 7) is 9.09. The third-order valence-corrected chi connectivity index (χ3v) is 10.5. The van der Waals surface area contributed by atoms with Crippen molar-refractivity contribution in [3.05, 3.63) is 107 Å². The summed E-state index contributed by atoms with van der Waals surface area (Å²) >= 11 is 1.75. The van der Waals surface area contributed by atoms with E-state index in [4.69, 9.17) is 0 Å². The normalized spacial score (nSPS) is 13.9. The zero-order chi connectivity index (χ0) is 34.9. The second-order valence-electron chi connectivity index (χ2n) is 12.6. The Kier molecular flexibility index (Phi) is 16.6. The average Bonchev–Trinajstić information content (AvgIpc) is 3.08. The summed E-state index contributed by atoms with van der Waals surface area (Å²) in [5.41, 5.74) is 2.11. The van der Waals surface area contributed by atoms with Crippen molar-refractivity contribution in [1.29, 1.82) is 0 Å². The smallest absolute Gasteiger partial charge is 0.251 e. The van der Waals surface area contributed by atoms with E-state index in [2.05, 4.69) is 48.9 Å². The molecule has 3 aromatic carbocycles. The number of benzene rings is 3. The molecule has 3 atom stereocenters. The quantitative estimate of drug-likeness (QED) is 0.0953. The van der Waals surface area contributed by atoms with Crippen LogP contribution in [0.3, 0.4) is 0 Å². The minimum absolute atomic E-state index is 0.0200. The molecule has 0 aliphatic carbocycles. The summed E-state index contributed by atoms with van der Waals surface area (Å²) in [7, 11) is 0. The highest BCUT2D eigenvalue weighted by Gasteiger charge is 2.40. The molecule has 0 saturated carbocycles. The van der Waals surface area contributed by atoms with Gasteiger partial charge in [-0.25, -0.2) is 8.78 Å². The Bertz CT molecular complexity index is 1400. The highest BCUT2D eigenvalue weighted by Crippen LogP contribution is 2.33. The van der Waals surface area contributed by atoms with Gasteiger partial charge in [-0.15, -0.1) is 0 Å². The predicted octanol–water partition coefficient (Wildman–Crippen LogP) is 7.23. The summed E-state index contributed by atoms with van der Waals surface area (Å²) in [5.74, 6) is -1.56. The average molecular weight is 682 g/mol. The van der Waals surface area contributed by atoms with Crippen molar-refractivity contribution in [3.8, 4) is 0 Å². The minimum atomic E-state index is -1.07. The number of aliphatic hydroxyl groups is 1. The number of carbonyl (C=O) groups is 2. The molecule has 0 heterocycles. The number of hydrogen-bond donors (Lipinski definition) is 4. The Morgan fingerprint density at radius 3 is 2.15 bits per heavy atom. The maximum Gasteiger partial charge on any atom is 0.251 e. The largest absolute Gasteiger partial charge is 0.390 e. The van der Waals surface area contributed by atoms with Crippen molar-refractivity contribution in [1.82, 2.24) is 16.0 Å². The summed E-state index contributed by atoms with van der Waals surface area (Å²) in [6, 6.07) is 19.5. The van der Waals surface area contributed by atoms with E-state index < -0.39 is 29.2 Å². The molecule has 3 aromatic rings. The lowest BCUT2D eigenvalue weighted by Crippen LogP contribution is -2.56. The Morgan fingerprint density at radius 1 is 0.854 bits per heavy atom. The molecule has 262 valence electrons. The molecule has 3 rings (SSSR count). The number of thioether (sulfide) groups is 1. The fraction of sp³-hybridized carbons (Fsp3) is 0.487. The maximum atomic E-state index is 14.4. The van der Waals surface area contributed by atoms with Crippen molar-refractivity contribution in [3.63, 3.8) is 0 Å². The van der Waals surface area contributed by atoms with Gasteiger partial charge in [-0.3, -0.25) is 9.59 Å². The molecule has 0 aliphatic rings. The number of nitrogens with one attached hydrogen (secondary N) is 3. The van der Waals surface area contributed by atoms with Crippen LogP contribution in [-0.4, -0.2) is 53.2 Å². The number of amides is 2. The zero-order valence-electron chi connectivity index (χ0n) is 28.9. The van der Waals surface area contributed by atoms with Crippen molar-refractivity contribution in [2.45, 2.75) is 96.6 Å². The lowest BCUT2D eigenvalue weighted by molar-refractivity contribution is -0.131. The van der Waals surface area contributed by atoms with E-state index in [-0.39, 0.29) is 31.3 Å². The topological polar surface area (TPSA) is 90.5 Å². The van der Waals surface area contributed by atoms with E-state index in [0.29, 0.717) is 35.1 Å². The Morgan fingerprint density at radius 2 is 1.52 bits per heavy atom. The molecular formula is C39H53F2N3O3S. The molecule has 0 radical (unpaired) electrons. The van der Waals surface area contributed by atoms with Crippen LogP contribution < -0.4 is 16.0 Å². The van der Waals surface area contributed by atoms with Crippen molar-refractivity contribution >= 4 is 23.6 Å². The van der Waals surface area contributed by atoms with Gasteiger partial charge in [0, 0.05) is 42.3 Å². The first-order valence-corrected chi connectivity index (χ1v) is 18.3. The number of carbonyl (C=O) groups excluding carboxylic acids is 2. The molecular weight excluding hydrogens is 629 g/mol. The molecule has 1 unspecified atom stereocenters. The van der Waals surface area contributed by atoms with Gasteiger partial charge in [-0.05, 0) is 73.1 Å². The van der Waals surface area contributed by atoms with Crippen molar-refractivity contribution in [2.75, 3.05) is 18.8 Å². The van der Waals surface area contributed by atoms with E-state index in [1.54, 1.807) is 36.0 Å². The van der Waals surface area contributed by atoms with Gasteiger partial charge in [0.05, 0.1) is 17.6 Å². The van der Waals surface area contributed by atoms with Gasteiger partial charge in [0.25, 0.3) is 5.91 Å². The molecule has 0 saturated heterocycles. The minimum Gasteiger partial charge on any atom is -0.390 e. The van der Waals surface area contributed by atoms with Crippen LogP contribution >= 0.6 is 11.8 Å². The number of aliphatic hydroxyl groups excluding tert-OH is 1. The van der Waals surface area contributed by atoms with Gasteiger partial charge in [-0.2, -0.15) is 11.8 Å². The third kappa shape index (κ3) is 12.3. The van der Waals surface area contributed by atoms with Crippen molar-refractivity contribution in [2.24, 2.45) is 5.41 Å². The zero-order valence-corrected chi connectivity index (χ0v) is 29.7. The summed E-state index contributed by atoms with van der Waals surface area (Å²) < 4.78 is 28.4. The number of hydrogen-bond acceptors (Lipinski definition) is 5. The van der Waals surface area contributed by atoms with Crippen molar-refractivity contribution < 1.29 is 23.5 Å². The first-order valence-electron chi connectivity index (χ1n) is 17.3. The molecule has 4 N–H and O–H groups in total. The fourth-order valence-corrected chi connectivity index (χ4v) is 7.61. The first-order chi connectivity index (χ1) is 23.1. The van der Waals surface area contributed by atoms with Gasteiger partial charge in [0.15, 0.2) is 0 Å². The number of rotatable bonds is 21. The van der Waals surface area contributed by atoms with E-state index in [1.807, 2.05) is 25.1 Å². The third-order valence-electron chi connectivity index (χ3n) is 8.84. The second-order valence-corrected chi connectivity index (χ2v) is 13.9. The maximum absolute atomic E-state index is 14.4. The van der Waals surface area contributed by atoms with E-state index in [9.17, 15) is 23.5 Å². The Labute approximate surface area is 289 Å². The lowest BCUT2D eigenvalue weighted by atomic mass is 9.85. The van der Waals surface area contributed by atoms with Gasteiger partial charge in [-0.1, -0.05) is 83.0 Å². The van der Waals surface area contributed by atoms with Gasteiger partial charge in [0.1, 0.15) is 11.6 Å². The Balaban J connectivity index is 1.86. The summed E-state index contributed by atoms with van der Waals surface area (Å²) in [6.07, 6.45) is 4.41. The van der Waals surface area contributed by atoms with E-state index in [0.717, 1.165) is 43.7 Å². The molecule has 0 bridgehead atoms. The molecule has 6 nitrogen and oxygen atoms in total. The summed E-state index contributed by atoms with van der Waals surface area (Å²) in [4.78, 5) is 27.5. The highest BCUT2D eigenvalue weighted by atomic mass is 32.2. The number of aryl methyl sites for hydroxylation is 1. The van der Waals surface area contributed by atoms with Crippen LogP contribution in [0.4, 0.5) is 8.78 Å². The van der Waals surface area contributed by atoms with Crippen LogP contribution in [0.1, 0.15) is 86.8 Å². The van der Waals surface area contributed by atoms with E-state index >= 15 is 0 Å². The molecule has 2 amide bonds. The molecule has 48 heavy (non-hydrogen) atoms. The van der Waals surface area contributed by atoms with Crippen LogP contribution in [0.2, 0.25) is 0 Å². The first kappa shape index (κ1) is 39.2. The van der Waals surface area contributed by atoms with Crippen LogP contribution in [0, 0.1) is 17.0 Å². The molecule has 0 spiro atoms. The molecule has 0 aromatic heterocycles. The number of halogens is 2. The second kappa shape index (κ2) is 20.3. The lowest BCUT2D eigenvalue weighted by Gasteiger charge is -2.35. The standard InChI is InChI=1S/C39H53F2N3O3S/c1-5-13-34(14-6-2)48-27-39(8-4,26-43-37(46)31-17-10-9-11-18-31)38(47)44-35(22-30-20-32(40)23-33(41)21-30)36(45)25-42-24-29-16-12-15-28(7-3)19-29/h9-12,15-21,23,34-36,42,45H,5-8,13-14,22,24-27H2,1-4H3,(H,43,46)(H,44,47)/t35-,36+,39?/m0/s1. The Hall–Kier alpha value is -3.27.